The van der Waals surface area contributed by atoms with Crippen LogP contribution >= 0.6 is 0 Å². The summed E-state index contributed by atoms with van der Waals surface area (Å²) in [5, 5.41) is 11.7. The molecular weight excluding hydrogens is 156 g/mol. The van der Waals surface area contributed by atoms with Crippen molar-refractivity contribution < 1.29 is 9.90 Å². The van der Waals surface area contributed by atoms with Crippen LogP contribution in [0.25, 0.3) is 0 Å². The van der Waals surface area contributed by atoms with Crippen LogP contribution in [-0.4, -0.2) is 49.2 Å². The predicted molar refractivity (Wildman–Crippen MR) is 45.7 cm³/mol. The van der Waals surface area contributed by atoms with E-state index in [1.54, 1.807) is 11.9 Å². The van der Waals surface area contributed by atoms with Crippen molar-refractivity contribution in [3.63, 3.8) is 0 Å². The fraction of sp³-hybridized carbons (Fsp3) is 0.875. The van der Waals surface area contributed by atoms with Crippen LogP contribution in [0.15, 0.2) is 0 Å². The average Bonchev–Trinajstić information content (AvgIpc) is 2.52. The SMILES string of the molecule is CNCC(=O)N1CC[C@H](CO)C1. The number of likely N-dealkylation sites (tertiary alicyclic amines) is 1. The highest BCUT2D eigenvalue weighted by Crippen LogP contribution is 2.14. The lowest BCUT2D eigenvalue weighted by atomic mass is 10.1. The largest absolute Gasteiger partial charge is 0.396 e. The second kappa shape index (κ2) is 4.42. The fourth-order valence-corrected chi connectivity index (χ4v) is 1.47. The van der Waals surface area contributed by atoms with Crippen LogP contribution in [0.5, 0.6) is 0 Å². The van der Waals surface area contributed by atoms with Crippen molar-refractivity contribution in [2.24, 2.45) is 5.92 Å². The molecule has 0 aromatic carbocycles. The number of nitrogens with one attached hydrogen (secondary N) is 1. The van der Waals surface area contributed by atoms with Crippen LogP contribution < -0.4 is 5.32 Å². The Balaban J connectivity index is 2.31. The zero-order chi connectivity index (χ0) is 8.97. The summed E-state index contributed by atoms with van der Waals surface area (Å²) in [6.45, 7) is 2.12. The molecule has 1 saturated heterocycles. The van der Waals surface area contributed by atoms with E-state index in [-0.39, 0.29) is 12.5 Å². The predicted octanol–water partition coefficient (Wildman–Crippen LogP) is -0.953. The van der Waals surface area contributed by atoms with Crippen molar-refractivity contribution in [2.45, 2.75) is 6.42 Å². The van der Waals surface area contributed by atoms with Gasteiger partial charge in [-0.1, -0.05) is 0 Å². The Labute approximate surface area is 72.6 Å². The molecule has 2 N–H and O–H groups in total. The Bertz CT molecular complexity index is 161. The summed E-state index contributed by atoms with van der Waals surface area (Å²) in [5.74, 6) is 0.430. The molecule has 1 amide bonds. The monoisotopic (exact) mass is 172 g/mol. The van der Waals surface area contributed by atoms with Gasteiger partial charge in [-0.3, -0.25) is 4.79 Å². The summed E-state index contributed by atoms with van der Waals surface area (Å²) < 4.78 is 0. The number of likely N-dealkylation sites (N-methyl/N-ethyl adjacent to an activating group) is 1. The number of aliphatic hydroxyl groups is 1. The second-order valence-corrected chi connectivity index (χ2v) is 3.21. The van der Waals surface area contributed by atoms with Gasteiger partial charge in [-0.25, -0.2) is 0 Å². The molecular formula is C8H16N2O2. The summed E-state index contributed by atoms with van der Waals surface area (Å²) in [7, 11) is 1.76. The molecule has 70 valence electrons. The highest BCUT2D eigenvalue weighted by Gasteiger charge is 2.24. The average molecular weight is 172 g/mol. The van der Waals surface area contributed by atoms with Gasteiger partial charge in [0, 0.05) is 25.6 Å². The Morgan fingerprint density at radius 2 is 2.50 bits per heavy atom. The van der Waals surface area contributed by atoms with Gasteiger partial charge in [0.15, 0.2) is 0 Å². The topological polar surface area (TPSA) is 52.6 Å². The smallest absolute Gasteiger partial charge is 0.236 e. The molecule has 4 heteroatoms. The van der Waals surface area contributed by atoms with Gasteiger partial charge in [0.25, 0.3) is 0 Å². The van der Waals surface area contributed by atoms with Gasteiger partial charge in [-0.15, -0.1) is 0 Å². The molecule has 1 atom stereocenters. The van der Waals surface area contributed by atoms with Crippen LogP contribution in [0.2, 0.25) is 0 Å². The van der Waals surface area contributed by atoms with E-state index in [0.717, 1.165) is 19.5 Å². The number of rotatable bonds is 3. The van der Waals surface area contributed by atoms with Crippen molar-refractivity contribution in [3.05, 3.63) is 0 Å². The lowest BCUT2D eigenvalue weighted by Gasteiger charge is -2.15. The van der Waals surface area contributed by atoms with Gasteiger partial charge in [0.2, 0.25) is 5.91 Å². The molecule has 0 unspecified atom stereocenters. The number of amides is 1. The van der Waals surface area contributed by atoms with Crippen molar-refractivity contribution in [1.82, 2.24) is 10.2 Å². The third kappa shape index (κ3) is 2.19. The van der Waals surface area contributed by atoms with Gasteiger partial charge in [0.05, 0.1) is 6.54 Å². The molecule has 12 heavy (non-hydrogen) atoms. The molecule has 1 heterocycles. The van der Waals surface area contributed by atoms with E-state index < -0.39 is 0 Å². The van der Waals surface area contributed by atoms with Crippen molar-refractivity contribution >= 4 is 5.91 Å². The fourth-order valence-electron chi connectivity index (χ4n) is 1.47. The van der Waals surface area contributed by atoms with E-state index in [0.29, 0.717) is 12.5 Å². The summed E-state index contributed by atoms with van der Waals surface area (Å²) in [6, 6.07) is 0. The first-order valence-electron chi connectivity index (χ1n) is 4.31. The Morgan fingerprint density at radius 1 is 1.75 bits per heavy atom. The highest BCUT2D eigenvalue weighted by molar-refractivity contribution is 5.78. The first-order valence-corrected chi connectivity index (χ1v) is 4.31. The molecule has 0 aromatic rings. The van der Waals surface area contributed by atoms with E-state index in [4.69, 9.17) is 5.11 Å². The summed E-state index contributed by atoms with van der Waals surface area (Å²) >= 11 is 0. The minimum atomic E-state index is 0.133. The minimum absolute atomic E-state index is 0.133. The summed E-state index contributed by atoms with van der Waals surface area (Å²) in [4.78, 5) is 13.1. The van der Waals surface area contributed by atoms with Crippen molar-refractivity contribution in [3.8, 4) is 0 Å². The molecule has 0 saturated carbocycles. The maximum absolute atomic E-state index is 11.3. The molecule has 0 bridgehead atoms. The number of hydrogen-bond donors (Lipinski definition) is 2. The van der Waals surface area contributed by atoms with E-state index in [9.17, 15) is 4.79 Å². The maximum atomic E-state index is 11.3. The maximum Gasteiger partial charge on any atom is 0.236 e. The van der Waals surface area contributed by atoms with Crippen molar-refractivity contribution in [1.29, 1.82) is 0 Å². The van der Waals surface area contributed by atoms with Crippen molar-refractivity contribution in [2.75, 3.05) is 33.3 Å². The number of carbonyl (C=O) groups is 1. The Morgan fingerprint density at radius 3 is 3.00 bits per heavy atom. The minimum Gasteiger partial charge on any atom is -0.396 e. The third-order valence-corrected chi connectivity index (χ3v) is 2.22. The zero-order valence-electron chi connectivity index (χ0n) is 7.42. The van der Waals surface area contributed by atoms with E-state index >= 15 is 0 Å². The molecule has 1 fully saturated rings. The number of nitrogens with zero attached hydrogens (tertiary/aromatic N) is 1. The van der Waals surface area contributed by atoms with Crippen LogP contribution in [0, 0.1) is 5.92 Å². The number of aliphatic hydroxyl groups excluding tert-OH is 1. The number of hydrogen-bond acceptors (Lipinski definition) is 3. The number of carbonyl (C=O) groups excluding carboxylic acids is 1. The second-order valence-electron chi connectivity index (χ2n) is 3.21. The molecule has 1 aliphatic heterocycles. The third-order valence-electron chi connectivity index (χ3n) is 2.22. The molecule has 0 aliphatic carbocycles. The quantitative estimate of drug-likeness (QED) is 0.577. The van der Waals surface area contributed by atoms with Crippen LogP contribution in [0.1, 0.15) is 6.42 Å². The van der Waals surface area contributed by atoms with E-state index in [2.05, 4.69) is 5.32 Å². The molecule has 1 aliphatic rings. The van der Waals surface area contributed by atoms with E-state index in [1.807, 2.05) is 0 Å². The van der Waals surface area contributed by atoms with Gasteiger partial charge in [-0.2, -0.15) is 0 Å². The summed E-state index contributed by atoms with van der Waals surface area (Å²) in [6.07, 6.45) is 0.936. The lowest BCUT2D eigenvalue weighted by molar-refractivity contribution is -0.129. The molecule has 4 nitrogen and oxygen atoms in total. The van der Waals surface area contributed by atoms with Crippen LogP contribution in [0.3, 0.4) is 0 Å². The van der Waals surface area contributed by atoms with E-state index in [1.165, 1.54) is 0 Å². The Hall–Kier alpha value is -0.610. The Kier molecular flexibility index (Phi) is 3.49. The van der Waals surface area contributed by atoms with Gasteiger partial charge >= 0.3 is 0 Å². The van der Waals surface area contributed by atoms with Gasteiger partial charge in [-0.05, 0) is 13.5 Å². The lowest BCUT2D eigenvalue weighted by Crippen LogP contribution is -2.35. The standard InChI is InChI=1S/C8H16N2O2/c1-9-4-8(12)10-3-2-7(5-10)6-11/h7,9,11H,2-6H2,1H3/t7-/m0/s1. The van der Waals surface area contributed by atoms with Crippen LogP contribution in [-0.2, 0) is 4.79 Å². The normalized spacial score (nSPS) is 23.2. The van der Waals surface area contributed by atoms with Gasteiger partial charge < -0.3 is 15.3 Å². The summed E-state index contributed by atoms with van der Waals surface area (Å²) in [5.41, 5.74) is 0. The molecule has 0 spiro atoms. The molecule has 1 rings (SSSR count). The van der Waals surface area contributed by atoms with Gasteiger partial charge in [0.1, 0.15) is 0 Å². The van der Waals surface area contributed by atoms with Crippen LogP contribution in [0.4, 0.5) is 0 Å². The molecule has 0 radical (unpaired) electrons. The first kappa shape index (κ1) is 9.48. The zero-order valence-corrected chi connectivity index (χ0v) is 7.42. The first-order chi connectivity index (χ1) is 5.77. The molecule has 0 aromatic heterocycles. The highest BCUT2D eigenvalue weighted by atomic mass is 16.3.